The SMILES string of the molecule is CC(C)CC(NC(=O)C(CC(=O)O)NC(=O)C(CCC(=O)O)NC(=O)C(C)N)C(=O)O. The van der Waals surface area contributed by atoms with Gasteiger partial charge in [-0.2, -0.15) is 0 Å². The van der Waals surface area contributed by atoms with E-state index < -0.39 is 72.6 Å². The average Bonchev–Trinajstić information content (AvgIpc) is 2.62. The van der Waals surface area contributed by atoms with E-state index in [4.69, 9.17) is 15.9 Å². The van der Waals surface area contributed by atoms with Crippen LogP contribution in [0.4, 0.5) is 0 Å². The maximum absolute atomic E-state index is 12.6. The van der Waals surface area contributed by atoms with Gasteiger partial charge in [0.1, 0.15) is 18.1 Å². The molecule has 0 aliphatic rings. The van der Waals surface area contributed by atoms with Crippen molar-refractivity contribution in [2.75, 3.05) is 0 Å². The van der Waals surface area contributed by atoms with Crippen molar-refractivity contribution in [1.29, 1.82) is 0 Å². The third-order valence-electron chi connectivity index (χ3n) is 4.03. The summed E-state index contributed by atoms with van der Waals surface area (Å²) in [6.07, 6.45) is -1.63. The number of hydrogen-bond acceptors (Lipinski definition) is 7. The molecule has 31 heavy (non-hydrogen) atoms. The Morgan fingerprint density at radius 3 is 1.65 bits per heavy atom. The van der Waals surface area contributed by atoms with E-state index in [1.807, 2.05) is 0 Å². The largest absolute Gasteiger partial charge is 0.481 e. The van der Waals surface area contributed by atoms with Gasteiger partial charge in [0.05, 0.1) is 12.5 Å². The van der Waals surface area contributed by atoms with Crippen LogP contribution in [0.3, 0.4) is 0 Å². The lowest BCUT2D eigenvalue weighted by atomic mass is 10.0. The van der Waals surface area contributed by atoms with Crippen molar-refractivity contribution in [3.05, 3.63) is 0 Å². The van der Waals surface area contributed by atoms with Crippen molar-refractivity contribution in [2.45, 2.75) is 70.6 Å². The predicted molar refractivity (Wildman–Crippen MR) is 106 cm³/mol. The highest BCUT2D eigenvalue weighted by Crippen LogP contribution is 2.07. The molecule has 0 rings (SSSR count). The minimum absolute atomic E-state index is 0.0699. The van der Waals surface area contributed by atoms with Gasteiger partial charge < -0.3 is 37.0 Å². The molecule has 0 aromatic heterocycles. The highest BCUT2D eigenvalue weighted by molar-refractivity contribution is 5.95. The summed E-state index contributed by atoms with van der Waals surface area (Å²) in [7, 11) is 0. The number of nitrogens with two attached hydrogens (primary N) is 1. The lowest BCUT2D eigenvalue weighted by molar-refractivity contribution is -0.144. The van der Waals surface area contributed by atoms with E-state index in [0.29, 0.717) is 0 Å². The normalized spacial score (nSPS) is 14.6. The van der Waals surface area contributed by atoms with Crippen LogP contribution < -0.4 is 21.7 Å². The zero-order valence-corrected chi connectivity index (χ0v) is 17.6. The molecule has 0 heterocycles. The molecule has 0 aromatic rings. The molecule has 0 aromatic carbocycles. The fraction of sp³-hybridized carbons (Fsp3) is 0.667. The van der Waals surface area contributed by atoms with Crippen LogP contribution in [0.2, 0.25) is 0 Å². The average molecular weight is 446 g/mol. The first kappa shape index (κ1) is 27.8. The topological polar surface area (TPSA) is 225 Å². The highest BCUT2D eigenvalue weighted by atomic mass is 16.4. The molecule has 0 aliphatic heterocycles. The molecule has 0 saturated carbocycles. The number of carbonyl (C=O) groups excluding carboxylic acids is 3. The lowest BCUT2D eigenvalue weighted by Crippen LogP contribution is -2.57. The summed E-state index contributed by atoms with van der Waals surface area (Å²) < 4.78 is 0. The number of aliphatic carboxylic acids is 3. The van der Waals surface area contributed by atoms with Gasteiger partial charge in [-0.05, 0) is 25.7 Å². The van der Waals surface area contributed by atoms with Crippen LogP contribution in [0.1, 0.15) is 46.5 Å². The van der Waals surface area contributed by atoms with E-state index in [0.717, 1.165) is 0 Å². The van der Waals surface area contributed by atoms with E-state index in [1.165, 1.54) is 6.92 Å². The van der Waals surface area contributed by atoms with Crippen LogP contribution in [0.15, 0.2) is 0 Å². The van der Waals surface area contributed by atoms with Crippen LogP contribution in [0.25, 0.3) is 0 Å². The van der Waals surface area contributed by atoms with Crippen molar-refractivity contribution in [3.8, 4) is 0 Å². The van der Waals surface area contributed by atoms with E-state index >= 15 is 0 Å². The van der Waals surface area contributed by atoms with Crippen LogP contribution >= 0.6 is 0 Å². The fourth-order valence-corrected chi connectivity index (χ4v) is 2.46. The molecular weight excluding hydrogens is 416 g/mol. The fourth-order valence-electron chi connectivity index (χ4n) is 2.46. The molecule has 176 valence electrons. The minimum atomic E-state index is -1.65. The van der Waals surface area contributed by atoms with E-state index in [1.54, 1.807) is 13.8 Å². The predicted octanol–water partition coefficient (Wildman–Crippen LogP) is -1.74. The minimum Gasteiger partial charge on any atom is -0.481 e. The van der Waals surface area contributed by atoms with Crippen molar-refractivity contribution < 1.29 is 44.1 Å². The Morgan fingerprint density at radius 2 is 1.23 bits per heavy atom. The quantitative estimate of drug-likeness (QED) is 0.159. The Morgan fingerprint density at radius 1 is 0.742 bits per heavy atom. The molecular formula is C18H30N4O9. The number of carboxylic acid groups (broad SMARTS) is 3. The molecule has 0 bridgehead atoms. The molecule has 0 fully saturated rings. The van der Waals surface area contributed by atoms with E-state index in [2.05, 4.69) is 16.0 Å². The molecule has 8 N–H and O–H groups in total. The Labute approximate surface area is 178 Å². The number of nitrogens with one attached hydrogen (secondary N) is 3. The van der Waals surface area contributed by atoms with Gasteiger partial charge in [0.15, 0.2) is 0 Å². The molecule has 0 radical (unpaired) electrons. The summed E-state index contributed by atoms with van der Waals surface area (Å²) in [6, 6.07) is -5.37. The van der Waals surface area contributed by atoms with Crippen molar-refractivity contribution in [2.24, 2.45) is 11.7 Å². The number of carboxylic acids is 3. The highest BCUT2D eigenvalue weighted by Gasteiger charge is 2.31. The lowest BCUT2D eigenvalue weighted by Gasteiger charge is -2.24. The van der Waals surface area contributed by atoms with Gasteiger partial charge in [0.25, 0.3) is 0 Å². The molecule has 0 spiro atoms. The standard InChI is InChI=1S/C18H30N4O9/c1-8(2)6-12(18(30)31)22-17(29)11(7-14(25)26)21-16(28)10(4-5-13(23)24)20-15(27)9(3)19/h8-12H,4-7,19H2,1-3H3,(H,20,27)(H,21,28)(H,22,29)(H,23,24)(H,25,26)(H,30,31). The summed E-state index contributed by atoms with van der Waals surface area (Å²) in [4.78, 5) is 70.2. The number of hydrogen-bond donors (Lipinski definition) is 7. The Kier molecular flexibility index (Phi) is 11.8. The molecule has 3 amide bonds. The summed E-state index contributed by atoms with van der Waals surface area (Å²) in [5.74, 6) is -6.92. The molecule has 4 unspecified atom stereocenters. The van der Waals surface area contributed by atoms with Gasteiger partial charge >= 0.3 is 17.9 Å². The van der Waals surface area contributed by atoms with Gasteiger partial charge in [-0.3, -0.25) is 24.0 Å². The molecule has 0 saturated heterocycles. The van der Waals surface area contributed by atoms with Gasteiger partial charge in [0, 0.05) is 6.42 Å². The first-order valence-electron chi connectivity index (χ1n) is 9.57. The van der Waals surface area contributed by atoms with Crippen LogP contribution in [0.5, 0.6) is 0 Å². The van der Waals surface area contributed by atoms with Crippen molar-refractivity contribution in [1.82, 2.24) is 16.0 Å². The van der Waals surface area contributed by atoms with Crippen molar-refractivity contribution >= 4 is 35.6 Å². The number of rotatable bonds is 14. The first-order chi connectivity index (χ1) is 14.2. The van der Waals surface area contributed by atoms with Gasteiger partial charge in [0.2, 0.25) is 17.7 Å². The number of amides is 3. The summed E-state index contributed by atoms with van der Waals surface area (Å²) in [5.41, 5.74) is 5.42. The molecule has 13 heteroatoms. The van der Waals surface area contributed by atoms with Gasteiger partial charge in [-0.25, -0.2) is 4.79 Å². The van der Waals surface area contributed by atoms with Crippen molar-refractivity contribution in [3.63, 3.8) is 0 Å². The Bertz CT molecular complexity index is 694. The van der Waals surface area contributed by atoms with Gasteiger partial charge in [-0.15, -0.1) is 0 Å². The molecule has 13 nitrogen and oxygen atoms in total. The molecule has 4 atom stereocenters. The zero-order chi connectivity index (χ0) is 24.3. The number of carbonyl (C=O) groups is 6. The maximum atomic E-state index is 12.6. The zero-order valence-electron chi connectivity index (χ0n) is 17.6. The summed E-state index contributed by atoms with van der Waals surface area (Å²) in [5, 5.41) is 33.7. The molecule has 0 aliphatic carbocycles. The smallest absolute Gasteiger partial charge is 0.326 e. The van der Waals surface area contributed by atoms with E-state index in [-0.39, 0.29) is 18.8 Å². The third kappa shape index (κ3) is 11.5. The third-order valence-corrected chi connectivity index (χ3v) is 4.03. The van der Waals surface area contributed by atoms with E-state index in [9.17, 15) is 33.9 Å². The second-order valence-electron chi connectivity index (χ2n) is 7.47. The van der Waals surface area contributed by atoms with Crippen LogP contribution in [-0.4, -0.2) is 75.1 Å². The summed E-state index contributed by atoms with van der Waals surface area (Å²) in [6.45, 7) is 4.79. The van der Waals surface area contributed by atoms with Crippen LogP contribution in [0, 0.1) is 5.92 Å². The second-order valence-corrected chi connectivity index (χ2v) is 7.47. The first-order valence-corrected chi connectivity index (χ1v) is 9.57. The maximum Gasteiger partial charge on any atom is 0.326 e. The Balaban J connectivity index is 5.49. The second kappa shape index (κ2) is 13.2. The van der Waals surface area contributed by atoms with Gasteiger partial charge in [-0.1, -0.05) is 13.8 Å². The summed E-state index contributed by atoms with van der Waals surface area (Å²) >= 11 is 0. The Hall–Kier alpha value is -3.22. The van der Waals surface area contributed by atoms with Crippen LogP contribution in [-0.2, 0) is 28.8 Å². The monoisotopic (exact) mass is 446 g/mol.